The second-order valence-corrected chi connectivity index (χ2v) is 6.52. The lowest BCUT2D eigenvalue weighted by Gasteiger charge is -2.22. The van der Waals surface area contributed by atoms with Crippen LogP contribution in [0.25, 0.3) is 0 Å². The van der Waals surface area contributed by atoms with Gasteiger partial charge in [0.25, 0.3) is 5.91 Å². The van der Waals surface area contributed by atoms with Crippen LogP contribution >= 0.6 is 12.4 Å². The van der Waals surface area contributed by atoms with Gasteiger partial charge in [-0.25, -0.2) is 0 Å². The lowest BCUT2D eigenvalue weighted by atomic mass is 9.96. The molecular weight excluding hydrogens is 348 g/mol. The molecule has 4 nitrogen and oxygen atoms in total. The second-order valence-electron chi connectivity index (χ2n) is 6.52. The average molecular weight is 375 g/mol. The van der Waals surface area contributed by atoms with Crippen molar-refractivity contribution in [1.82, 2.24) is 10.6 Å². The van der Waals surface area contributed by atoms with Gasteiger partial charge in [0.15, 0.2) is 0 Å². The number of hydrogen-bond donors (Lipinski definition) is 2. The molecule has 1 atom stereocenters. The Hall–Kier alpha value is -2.04. The molecule has 0 saturated carbocycles. The van der Waals surface area contributed by atoms with Gasteiger partial charge >= 0.3 is 0 Å². The van der Waals surface area contributed by atoms with Gasteiger partial charge in [-0.1, -0.05) is 36.4 Å². The minimum Gasteiger partial charge on any atom is -0.489 e. The van der Waals surface area contributed by atoms with Gasteiger partial charge in [-0.3, -0.25) is 4.79 Å². The van der Waals surface area contributed by atoms with E-state index in [-0.39, 0.29) is 18.3 Å². The summed E-state index contributed by atoms with van der Waals surface area (Å²) in [6.45, 7) is 3.30. The highest BCUT2D eigenvalue weighted by Gasteiger charge is 2.14. The van der Waals surface area contributed by atoms with Gasteiger partial charge in [-0.2, -0.15) is 0 Å². The van der Waals surface area contributed by atoms with E-state index in [2.05, 4.69) is 10.6 Å². The summed E-state index contributed by atoms with van der Waals surface area (Å²) in [5.41, 5.74) is 1.60. The zero-order chi connectivity index (χ0) is 17.3. The van der Waals surface area contributed by atoms with Crippen molar-refractivity contribution in [3.63, 3.8) is 0 Å². The Balaban J connectivity index is 0.00000243. The number of benzene rings is 2. The SMILES string of the molecule is Cl.O=C(NCCC1CCCNC1)c1ccccc1COc1ccccc1. The van der Waals surface area contributed by atoms with E-state index in [0.717, 1.165) is 37.4 Å². The first-order valence-electron chi connectivity index (χ1n) is 9.07. The molecule has 1 unspecified atom stereocenters. The zero-order valence-electron chi connectivity index (χ0n) is 14.9. The first-order valence-corrected chi connectivity index (χ1v) is 9.07. The number of para-hydroxylation sites is 1. The zero-order valence-corrected chi connectivity index (χ0v) is 15.8. The van der Waals surface area contributed by atoms with Crippen LogP contribution in [-0.4, -0.2) is 25.5 Å². The van der Waals surface area contributed by atoms with Gasteiger partial charge in [-0.05, 0) is 56.5 Å². The molecule has 1 aliphatic heterocycles. The summed E-state index contributed by atoms with van der Waals surface area (Å²) in [7, 11) is 0. The van der Waals surface area contributed by atoms with Crippen LogP contribution in [0, 0.1) is 5.92 Å². The molecule has 1 aliphatic rings. The number of carbonyl (C=O) groups excluding carboxylic acids is 1. The third-order valence-electron chi connectivity index (χ3n) is 4.64. The molecule has 26 heavy (non-hydrogen) atoms. The summed E-state index contributed by atoms with van der Waals surface area (Å²) < 4.78 is 5.79. The maximum atomic E-state index is 12.5. The number of ether oxygens (including phenoxy) is 1. The molecule has 3 rings (SSSR count). The van der Waals surface area contributed by atoms with E-state index in [0.29, 0.717) is 18.1 Å². The molecule has 140 valence electrons. The molecule has 1 fully saturated rings. The number of nitrogens with one attached hydrogen (secondary N) is 2. The fourth-order valence-corrected chi connectivity index (χ4v) is 3.20. The Labute approximate surface area is 161 Å². The molecule has 2 N–H and O–H groups in total. The van der Waals surface area contributed by atoms with Crippen molar-refractivity contribution in [2.45, 2.75) is 25.9 Å². The lowest BCUT2D eigenvalue weighted by Crippen LogP contribution is -2.33. The molecule has 0 spiro atoms. The van der Waals surface area contributed by atoms with E-state index in [4.69, 9.17) is 4.74 Å². The third kappa shape index (κ3) is 6.04. The summed E-state index contributed by atoms with van der Waals surface area (Å²) in [4.78, 5) is 12.5. The predicted octanol–water partition coefficient (Wildman–Crippen LogP) is 3.81. The largest absolute Gasteiger partial charge is 0.489 e. The Morgan fingerprint density at radius 1 is 1.12 bits per heavy atom. The Bertz CT molecular complexity index is 673. The average Bonchev–Trinajstić information content (AvgIpc) is 2.68. The molecule has 2 aromatic rings. The summed E-state index contributed by atoms with van der Waals surface area (Å²) >= 11 is 0. The van der Waals surface area contributed by atoms with Crippen LogP contribution < -0.4 is 15.4 Å². The smallest absolute Gasteiger partial charge is 0.251 e. The highest BCUT2D eigenvalue weighted by molar-refractivity contribution is 5.95. The molecule has 1 saturated heterocycles. The normalized spacial score (nSPS) is 16.4. The number of piperidine rings is 1. The topological polar surface area (TPSA) is 50.4 Å². The summed E-state index contributed by atoms with van der Waals surface area (Å²) in [6.07, 6.45) is 3.52. The van der Waals surface area contributed by atoms with Crippen molar-refractivity contribution in [3.8, 4) is 5.75 Å². The van der Waals surface area contributed by atoms with Crippen molar-refractivity contribution < 1.29 is 9.53 Å². The molecule has 0 radical (unpaired) electrons. The number of amides is 1. The molecule has 2 aromatic carbocycles. The van der Waals surface area contributed by atoms with Crippen LogP contribution in [0.1, 0.15) is 35.2 Å². The van der Waals surface area contributed by atoms with Crippen LogP contribution in [0.4, 0.5) is 0 Å². The minimum absolute atomic E-state index is 0. The molecule has 1 amide bonds. The lowest BCUT2D eigenvalue weighted by molar-refractivity contribution is 0.0948. The summed E-state index contributed by atoms with van der Waals surface area (Å²) in [5.74, 6) is 1.46. The van der Waals surface area contributed by atoms with Crippen LogP contribution in [0.5, 0.6) is 5.75 Å². The fraction of sp³-hybridized carbons (Fsp3) is 0.381. The van der Waals surface area contributed by atoms with E-state index >= 15 is 0 Å². The van der Waals surface area contributed by atoms with Gasteiger partial charge in [0.1, 0.15) is 12.4 Å². The standard InChI is InChI=1S/C21H26N2O2.ClH/c24-21(23-14-12-17-7-6-13-22-15-17)20-11-5-4-8-18(20)16-25-19-9-2-1-3-10-19;/h1-5,8-11,17,22H,6-7,12-16H2,(H,23,24);1H. The van der Waals surface area contributed by atoms with Crippen LogP contribution in [0.2, 0.25) is 0 Å². The third-order valence-corrected chi connectivity index (χ3v) is 4.64. The summed E-state index contributed by atoms with van der Waals surface area (Å²) in [5, 5.41) is 6.48. The molecule has 5 heteroatoms. The van der Waals surface area contributed by atoms with Gasteiger partial charge < -0.3 is 15.4 Å². The molecule has 1 heterocycles. The highest BCUT2D eigenvalue weighted by atomic mass is 35.5. The highest BCUT2D eigenvalue weighted by Crippen LogP contribution is 2.16. The van der Waals surface area contributed by atoms with Gasteiger partial charge in [0, 0.05) is 17.7 Å². The summed E-state index contributed by atoms with van der Waals surface area (Å²) in [6, 6.07) is 17.3. The first kappa shape index (κ1) is 20.3. The number of carbonyl (C=O) groups is 1. The van der Waals surface area contributed by atoms with Crippen molar-refractivity contribution in [2.75, 3.05) is 19.6 Å². The van der Waals surface area contributed by atoms with Crippen molar-refractivity contribution >= 4 is 18.3 Å². The fourth-order valence-electron chi connectivity index (χ4n) is 3.20. The molecule has 0 bridgehead atoms. The Kier molecular flexibility index (Phi) is 8.45. The van der Waals surface area contributed by atoms with E-state index in [1.165, 1.54) is 12.8 Å². The van der Waals surface area contributed by atoms with Crippen molar-refractivity contribution in [3.05, 3.63) is 65.7 Å². The van der Waals surface area contributed by atoms with Crippen LogP contribution in [-0.2, 0) is 6.61 Å². The number of halogens is 1. The maximum absolute atomic E-state index is 12.5. The first-order chi connectivity index (χ1) is 12.3. The van der Waals surface area contributed by atoms with Crippen molar-refractivity contribution in [2.24, 2.45) is 5.92 Å². The monoisotopic (exact) mass is 374 g/mol. The van der Waals surface area contributed by atoms with E-state index in [1.54, 1.807) is 0 Å². The van der Waals surface area contributed by atoms with E-state index < -0.39 is 0 Å². The van der Waals surface area contributed by atoms with Gasteiger partial charge in [0.2, 0.25) is 0 Å². The quantitative estimate of drug-likeness (QED) is 0.774. The number of rotatable bonds is 7. The van der Waals surface area contributed by atoms with Gasteiger partial charge in [-0.15, -0.1) is 12.4 Å². The minimum atomic E-state index is -0.0176. The maximum Gasteiger partial charge on any atom is 0.251 e. The van der Waals surface area contributed by atoms with E-state index in [9.17, 15) is 4.79 Å². The molecule has 0 aliphatic carbocycles. The van der Waals surface area contributed by atoms with Crippen LogP contribution in [0.3, 0.4) is 0 Å². The number of hydrogen-bond acceptors (Lipinski definition) is 3. The van der Waals surface area contributed by atoms with Crippen LogP contribution in [0.15, 0.2) is 54.6 Å². The predicted molar refractivity (Wildman–Crippen MR) is 107 cm³/mol. The van der Waals surface area contributed by atoms with Gasteiger partial charge in [0.05, 0.1) is 0 Å². The Morgan fingerprint density at radius 3 is 2.65 bits per heavy atom. The second kappa shape index (κ2) is 10.8. The van der Waals surface area contributed by atoms with Crippen molar-refractivity contribution in [1.29, 1.82) is 0 Å². The van der Waals surface area contributed by atoms with E-state index in [1.807, 2.05) is 54.6 Å². The molecular formula is C21H27ClN2O2. The molecule has 0 aromatic heterocycles. The Morgan fingerprint density at radius 2 is 1.88 bits per heavy atom.